The molecule has 3 amide bonds. The fourth-order valence-corrected chi connectivity index (χ4v) is 3.74. The van der Waals surface area contributed by atoms with Crippen LogP contribution in [-0.2, 0) is 9.59 Å². The van der Waals surface area contributed by atoms with Gasteiger partial charge in [-0.15, -0.1) is 0 Å². The number of anilines is 1. The molecule has 2 aliphatic rings. The summed E-state index contributed by atoms with van der Waals surface area (Å²) in [5.41, 5.74) is 0.522. The van der Waals surface area contributed by atoms with Crippen LogP contribution in [-0.4, -0.2) is 59.7 Å². The number of amides is 3. The highest BCUT2D eigenvalue weighted by Crippen LogP contribution is 2.28. The fraction of sp³-hybridized carbons (Fsp3) is 0.350. The van der Waals surface area contributed by atoms with E-state index in [1.165, 1.54) is 35.4 Å². The van der Waals surface area contributed by atoms with E-state index in [1.54, 1.807) is 21.9 Å². The summed E-state index contributed by atoms with van der Waals surface area (Å²) >= 11 is 0. The Morgan fingerprint density at radius 2 is 1.68 bits per heavy atom. The zero-order valence-electron chi connectivity index (χ0n) is 15.2. The Labute approximate surface area is 161 Å². The molecule has 0 bridgehead atoms. The highest BCUT2D eigenvalue weighted by atomic mass is 19.1. The first-order valence-corrected chi connectivity index (χ1v) is 9.24. The summed E-state index contributed by atoms with van der Waals surface area (Å²) in [6.07, 6.45) is 2.17. The topological polar surface area (TPSA) is 74.1 Å². The molecule has 28 heavy (non-hydrogen) atoms. The second-order valence-corrected chi connectivity index (χ2v) is 6.89. The molecule has 2 aliphatic heterocycles. The normalized spacial score (nSPS) is 20.0. The van der Waals surface area contributed by atoms with Crippen LogP contribution >= 0.6 is 0 Å². The van der Waals surface area contributed by atoms with Gasteiger partial charge in [-0.25, -0.2) is 4.39 Å². The first kappa shape index (κ1) is 18.2. The van der Waals surface area contributed by atoms with Crippen molar-refractivity contribution in [3.63, 3.8) is 0 Å². The zero-order valence-corrected chi connectivity index (χ0v) is 15.2. The third kappa shape index (κ3) is 3.37. The SMILES string of the molecule is O=C(c1ccco1)N1CCN(C(=O)C2CCC(=O)N2c2ccc(F)cc2)CC1. The van der Waals surface area contributed by atoms with Crippen molar-refractivity contribution in [3.05, 3.63) is 54.2 Å². The van der Waals surface area contributed by atoms with Crippen molar-refractivity contribution in [2.75, 3.05) is 31.1 Å². The van der Waals surface area contributed by atoms with Crippen molar-refractivity contribution in [1.29, 1.82) is 0 Å². The van der Waals surface area contributed by atoms with E-state index < -0.39 is 11.9 Å². The summed E-state index contributed by atoms with van der Waals surface area (Å²) in [6, 6.07) is 8.27. The molecule has 0 spiro atoms. The molecule has 146 valence electrons. The Bertz CT molecular complexity index is 873. The van der Waals surface area contributed by atoms with Gasteiger partial charge in [0.15, 0.2) is 5.76 Å². The van der Waals surface area contributed by atoms with Gasteiger partial charge in [0.1, 0.15) is 11.9 Å². The Balaban J connectivity index is 1.42. The molecule has 1 unspecified atom stereocenters. The van der Waals surface area contributed by atoms with Crippen LogP contribution in [0.5, 0.6) is 0 Å². The van der Waals surface area contributed by atoms with Gasteiger partial charge >= 0.3 is 0 Å². The number of nitrogens with zero attached hydrogens (tertiary/aromatic N) is 3. The number of hydrogen-bond acceptors (Lipinski definition) is 4. The standard InChI is InChI=1S/C20H20FN3O4/c21-14-3-5-15(6-4-14)24-16(7-8-18(24)25)19(26)22-9-11-23(12-10-22)20(27)17-2-1-13-28-17/h1-6,13,16H,7-12H2. The third-order valence-electron chi connectivity index (χ3n) is 5.21. The minimum Gasteiger partial charge on any atom is -0.459 e. The minimum absolute atomic E-state index is 0.139. The Morgan fingerprint density at radius 1 is 1.00 bits per heavy atom. The quantitative estimate of drug-likeness (QED) is 0.809. The van der Waals surface area contributed by atoms with Gasteiger partial charge in [-0.05, 0) is 42.8 Å². The van der Waals surface area contributed by atoms with Gasteiger partial charge in [0.05, 0.1) is 6.26 Å². The molecular formula is C20H20FN3O4. The molecule has 0 N–H and O–H groups in total. The van der Waals surface area contributed by atoms with E-state index in [0.29, 0.717) is 38.3 Å². The molecule has 1 atom stereocenters. The number of benzene rings is 1. The lowest BCUT2D eigenvalue weighted by Crippen LogP contribution is -2.55. The van der Waals surface area contributed by atoms with Crippen LogP contribution in [0.15, 0.2) is 47.1 Å². The van der Waals surface area contributed by atoms with Crippen molar-refractivity contribution >= 4 is 23.4 Å². The number of carbonyl (C=O) groups is 3. The van der Waals surface area contributed by atoms with Gasteiger partial charge in [-0.1, -0.05) is 0 Å². The second kappa shape index (κ2) is 7.46. The van der Waals surface area contributed by atoms with Crippen LogP contribution in [0.25, 0.3) is 0 Å². The molecule has 8 heteroatoms. The van der Waals surface area contributed by atoms with Gasteiger partial charge in [0.2, 0.25) is 11.8 Å². The molecule has 0 radical (unpaired) electrons. The predicted molar refractivity (Wildman–Crippen MR) is 98.1 cm³/mol. The lowest BCUT2D eigenvalue weighted by atomic mass is 10.1. The summed E-state index contributed by atoms with van der Waals surface area (Å²) in [6.45, 7) is 1.60. The van der Waals surface area contributed by atoms with E-state index in [9.17, 15) is 18.8 Å². The van der Waals surface area contributed by atoms with Crippen LogP contribution in [0.2, 0.25) is 0 Å². The molecule has 2 saturated heterocycles. The highest BCUT2D eigenvalue weighted by molar-refractivity contribution is 6.03. The number of furan rings is 1. The van der Waals surface area contributed by atoms with Crippen LogP contribution in [0.4, 0.5) is 10.1 Å². The van der Waals surface area contributed by atoms with Crippen molar-refractivity contribution in [2.45, 2.75) is 18.9 Å². The van der Waals surface area contributed by atoms with E-state index in [4.69, 9.17) is 4.42 Å². The summed E-state index contributed by atoms with van der Waals surface area (Å²) in [7, 11) is 0. The van der Waals surface area contributed by atoms with E-state index in [1.807, 2.05) is 0 Å². The van der Waals surface area contributed by atoms with Gasteiger partial charge in [0, 0.05) is 38.3 Å². The molecule has 1 aromatic heterocycles. The molecule has 0 aliphatic carbocycles. The van der Waals surface area contributed by atoms with Gasteiger partial charge in [-0.3, -0.25) is 19.3 Å². The molecule has 4 rings (SSSR count). The van der Waals surface area contributed by atoms with Crippen molar-refractivity contribution in [2.24, 2.45) is 0 Å². The Morgan fingerprint density at radius 3 is 2.32 bits per heavy atom. The van der Waals surface area contributed by atoms with Crippen LogP contribution in [0, 0.1) is 5.82 Å². The van der Waals surface area contributed by atoms with E-state index >= 15 is 0 Å². The van der Waals surface area contributed by atoms with Crippen molar-refractivity contribution < 1.29 is 23.2 Å². The number of carbonyl (C=O) groups excluding carboxylic acids is 3. The molecule has 2 fully saturated rings. The average molecular weight is 385 g/mol. The van der Waals surface area contributed by atoms with Gasteiger partial charge in [-0.2, -0.15) is 0 Å². The predicted octanol–water partition coefficient (Wildman–Crippen LogP) is 1.90. The Hall–Kier alpha value is -3.16. The summed E-state index contributed by atoms with van der Waals surface area (Å²) in [5, 5.41) is 0. The smallest absolute Gasteiger partial charge is 0.289 e. The minimum atomic E-state index is -0.592. The van der Waals surface area contributed by atoms with Crippen LogP contribution in [0.3, 0.4) is 0 Å². The summed E-state index contributed by atoms with van der Waals surface area (Å²) in [4.78, 5) is 42.5. The van der Waals surface area contributed by atoms with E-state index in [-0.39, 0.29) is 29.9 Å². The molecule has 2 aromatic rings. The Kier molecular flexibility index (Phi) is 4.85. The van der Waals surface area contributed by atoms with Crippen molar-refractivity contribution in [3.8, 4) is 0 Å². The monoisotopic (exact) mass is 385 g/mol. The second-order valence-electron chi connectivity index (χ2n) is 6.89. The maximum Gasteiger partial charge on any atom is 0.289 e. The molecule has 0 saturated carbocycles. The largest absolute Gasteiger partial charge is 0.459 e. The van der Waals surface area contributed by atoms with E-state index in [2.05, 4.69) is 0 Å². The number of piperazine rings is 1. The van der Waals surface area contributed by atoms with Gasteiger partial charge < -0.3 is 14.2 Å². The average Bonchev–Trinajstić information content (AvgIpc) is 3.38. The van der Waals surface area contributed by atoms with Crippen molar-refractivity contribution in [1.82, 2.24) is 9.80 Å². The highest BCUT2D eigenvalue weighted by Gasteiger charge is 2.40. The first-order chi connectivity index (χ1) is 13.5. The first-order valence-electron chi connectivity index (χ1n) is 9.24. The lowest BCUT2D eigenvalue weighted by Gasteiger charge is -2.37. The maximum absolute atomic E-state index is 13.2. The molecular weight excluding hydrogens is 365 g/mol. The molecule has 1 aromatic carbocycles. The lowest BCUT2D eigenvalue weighted by molar-refractivity contribution is -0.134. The summed E-state index contributed by atoms with van der Waals surface area (Å²) in [5.74, 6) is -0.586. The van der Waals surface area contributed by atoms with Crippen LogP contribution in [0.1, 0.15) is 23.4 Å². The third-order valence-corrected chi connectivity index (χ3v) is 5.21. The zero-order chi connectivity index (χ0) is 19.7. The number of hydrogen-bond donors (Lipinski definition) is 0. The maximum atomic E-state index is 13.2. The molecule has 3 heterocycles. The number of halogens is 1. The van der Waals surface area contributed by atoms with Gasteiger partial charge in [0.25, 0.3) is 5.91 Å². The fourth-order valence-electron chi connectivity index (χ4n) is 3.74. The van der Waals surface area contributed by atoms with E-state index in [0.717, 1.165) is 0 Å². The van der Waals surface area contributed by atoms with Crippen LogP contribution < -0.4 is 4.90 Å². The molecule has 7 nitrogen and oxygen atoms in total. The number of rotatable bonds is 3. The summed E-state index contributed by atoms with van der Waals surface area (Å²) < 4.78 is 18.3.